The van der Waals surface area contributed by atoms with Crippen molar-refractivity contribution in [3.63, 3.8) is 0 Å². The van der Waals surface area contributed by atoms with Crippen LogP contribution in [0.5, 0.6) is 0 Å². The van der Waals surface area contributed by atoms with Crippen LogP contribution in [0.3, 0.4) is 0 Å². The Morgan fingerprint density at radius 3 is 2.25 bits per heavy atom. The summed E-state index contributed by atoms with van der Waals surface area (Å²) in [6, 6.07) is 9.09. The van der Waals surface area contributed by atoms with Crippen molar-refractivity contribution in [2.75, 3.05) is 0 Å². The van der Waals surface area contributed by atoms with Gasteiger partial charge in [-0.3, -0.25) is 0 Å². The number of aliphatic hydroxyl groups excluding tert-OH is 2. The maximum absolute atomic E-state index is 9.50. The minimum Gasteiger partial charge on any atom is -0.390 e. The van der Waals surface area contributed by atoms with Gasteiger partial charge >= 0.3 is 0 Å². The molecule has 1 rings (SSSR count). The van der Waals surface area contributed by atoms with Gasteiger partial charge in [-0.2, -0.15) is 0 Å². The lowest BCUT2D eigenvalue weighted by atomic mass is 10.0. The lowest BCUT2D eigenvalue weighted by Crippen LogP contribution is -2.16. The van der Waals surface area contributed by atoms with Gasteiger partial charge in [0.15, 0.2) is 0 Å². The van der Waals surface area contributed by atoms with Crippen molar-refractivity contribution in [2.45, 2.75) is 18.6 Å². The monoisotopic (exact) mass is 165 g/mol. The number of hydrogen-bond donors (Lipinski definition) is 2. The normalized spacial score (nSPS) is 15.6. The Balaban J connectivity index is 2.71. The number of aliphatic hydroxyl groups is 2. The third kappa shape index (κ3) is 2.06. The number of rotatable bonds is 3. The van der Waals surface area contributed by atoms with Crippen molar-refractivity contribution in [2.24, 2.45) is 0 Å². The van der Waals surface area contributed by atoms with Gasteiger partial charge in [-0.1, -0.05) is 37.3 Å². The van der Waals surface area contributed by atoms with Crippen molar-refractivity contribution in [3.05, 3.63) is 42.8 Å². The van der Waals surface area contributed by atoms with Crippen LogP contribution < -0.4 is 0 Å². The molecule has 0 fully saturated rings. The van der Waals surface area contributed by atoms with E-state index in [1.165, 1.54) is 0 Å². The van der Waals surface area contributed by atoms with Gasteiger partial charge < -0.3 is 10.2 Å². The van der Waals surface area contributed by atoms with Crippen LogP contribution in [0.25, 0.3) is 0 Å². The Morgan fingerprint density at radius 1 is 1.17 bits per heavy atom. The largest absolute Gasteiger partial charge is 0.390 e. The summed E-state index contributed by atoms with van der Waals surface area (Å²) in [6.07, 6.45) is -1.27. The van der Waals surface area contributed by atoms with Crippen LogP contribution in [0, 0.1) is 6.92 Å². The molecule has 0 aliphatic carbocycles. The molecule has 2 heteroatoms. The Kier molecular flexibility index (Phi) is 3.26. The highest BCUT2D eigenvalue weighted by Gasteiger charge is 2.15. The molecule has 0 aliphatic heterocycles. The van der Waals surface area contributed by atoms with Crippen LogP contribution in [0.4, 0.5) is 0 Å². The van der Waals surface area contributed by atoms with Crippen LogP contribution in [-0.4, -0.2) is 16.3 Å². The molecular weight excluding hydrogens is 152 g/mol. The second kappa shape index (κ2) is 4.24. The van der Waals surface area contributed by atoms with E-state index in [2.05, 4.69) is 6.92 Å². The molecule has 2 N–H and O–H groups in total. The molecule has 65 valence electrons. The molecule has 12 heavy (non-hydrogen) atoms. The van der Waals surface area contributed by atoms with E-state index in [4.69, 9.17) is 0 Å². The van der Waals surface area contributed by atoms with E-state index in [-0.39, 0.29) is 0 Å². The SMILES string of the molecule is [CH2]C[C@@H](O)[C@H](O)c1ccccc1. The zero-order chi connectivity index (χ0) is 8.97. The maximum atomic E-state index is 9.50. The van der Waals surface area contributed by atoms with Gasteiger partial charge in [-0.15, -0.1) is 0 Å². The molecular formula is C10H13O2. The lowest BCUT2D eigenvalue weighted by Gasteiger charge is -2.15. The van der Waals surface area contributed by atoms with Crippen LogP contribution in [0.1, 0.15) is 18.1 Å². The second-order valence-corrected chi connectivity index (χ2v) is 2.71. The van der Waals surface area contributed by atoms with Gasteiger partial charge in [0.25, 0.3) is 0 Å². The molecule has 1 aromatic carbocycles. The average Bonchev–Trinajstić information content (AvgIpc) is 2.17. The van der Waals surface area contributed by atoms with E-state index in [0.29, 0.717) is 6.42 Å². The molecule has 0 aliphatic rings. The van der Waals surface area contributed by atoms with Crippen LogP contribution >= 0.6 is 0 Å². The van der Waals surface area contributed by atoms with E-state index in [0.717, 1.165) is 5.56 Å². The molecule has 0 spiro atoms. The van der Waals surface area contributed by atoms with E-state index >= 15 is 0 Å². The second-order valence-electron chi connectivity index (χ2n) is 2.71. The Hall–Kier alpha value is -0.860. The molecule has 0 aromatic heterocycles. The third-order valence-electron chi connectivity index (χ3n) is 1.80. The fourth-order valence-corrected chi connectivity index (χ4v) is 1.03. The maximum Gasteiger partial charge on any atom is 0.105 e. The first-order chi connectivity index (χ1) is 5.75. The number of benzene rings is 1. The standard InChI is InChI=1S/C10H13O2/c1-2-9(11)10(12)8-6-4-3-5-7-8/h3-7,9-12H,1-2H2/t9-,10-/m1/s1. The third-order valence-corrected chi connectivity index (χ3v) is 1.80. The van der Waals surface area contributed by atoms with Crippen molar-refractivity contribution >= 4 is 0 Å². The summed E-state index contributed by atoms with van der Waals surface area (Å²) in [5.74, 6) is 0. The molecule has 0 saturated heterocycles. The Morgan fingerprint density at radius 2 is 1.75 bits per heavy atom. The highest BCUT2D eigenvalue weighted by atomic mass is 16.3. The van der Waals surface area contributed by atoms with Crippen molar-refractivity contribution in [1.82, 2.24) is 0 Å². The molecule has 0 amide bonds. The highest BCUT2D eigenvalue weighted by Crippen LogP contribution is 2.17. The summed E-state index contributed by atoms with van der Waals surface area (Å²) >= 11 is 0. The predicted molar refractivity (Wildman–Crippen MR) is 47.4 cm³/mol. The first kappa shape index (κ1) is 9.23. The van der Waals surface area contributed by atoms with Crippen molar-refractivity contribution in [3.8, 4) is 0 Å². The van der Waals surface area contributed by atoms with Gasteiger partial charge in [0.2, 0.25) is 0 Å². The minimum atomic E-state index is -0.816. The zero-order valence-electron chi connectivity index (χ0n) is 6.85. The minimum absolute atomic E-state index is 0.316. The topological polar surface area (TPSA) is 40.5 Å². The van der Waals surface area contributed by atoms with E-state index in [1.54, 1.807) is 12.1 Å². The van der Waals surface area contributed by atoms with Gasteiger partial charge in [-0.05, 0) is 12.0 Å². The van der Waals surface area contributed by atoms with E-state index < -0.39 is 12.2 Å². The predicted octanol–water partition coefficient (Wildman–Crippen LogP) is 1.31. The number of hydrogen-bond acceptors (Lipinski definition) is 2. The Bertz CT molecular complexity index is 221. The van der Waals surface area contributed by atoms with Gasteiger partial charge in [0.1, 0.15) is 6.10 Å². The molecule has 0 unspecified atom stereocenters. The molecule has 0 saturated carbocycles. The van der Waals surface area contributed by atoms with E-state index in [9.17, 15) is 10.2 Å². The van der Waals surface area contributed by atoms with Crippen LogP contribution in [-0.2, 0) is 0 Å². The average molecular weight is 165 g/mol. The van der Waals surface area contributed by atoms with Gasteiger partial charge in [-0.25, -0.2) is 0 Å². The fourth-order valence-electron chi connectivity index (χ4n) is 1.03. The Labute approximate surface area is 72.5 Å². The van der Waals surface area contributed by atoms with Crippen LogP contribution in [0.2, 0.25) is 0 Å². The summed E-state index contributed by atoms with van der Waals surface area (Å²) in [5, 5.41) is 18.8. The first-order valence-corrected chi connectivity index (χ1v) is 3.96. The zero-order valence-corrected chi connectivity index (χ0v) is 6.85. The van der Waals surface area contributed by atoms with Crippen LogP contribution in [0.15, 0.2) is 30.3 Å². The summed E-state index contributed by atoms with van der Waals surface area (Å²) in [7, 11) is 0. The summed E-state index contributed by atoms with van der Waals surface area (Å²) < 4.78 is 0. The van der Waals surface area contributed by atoms with Crippen molar-refractivity contribution in [1.29, 1.82) is 0 Å². The molecule has 1 aromatic rings. The summed E-state index contributed by atoms with van der Waals surface area (Å²) in [5.41, 5.74) is 0.730. The molecule has 0 heterocycles. The summed E-state index contributed by atoms with van der Waals surface area (Å²) in [6.45, 7) is 3.52. The van der Waals surface area contributed by atoms with E-state index in [1.807, 2.05) is 18.2 Å². The molecule has 1 radical (unpaired) electrons. The molecule has 2 nitrogen and oxygen atoms in total. The molecule has 0 bridgehead atoms. The van der Waals surface area contributed by atoms with Gasteiger partial charge in [0, 0.05) is 0 Å². The highest BCUT2D eigenvalue weighted by molar-refractivity contribution is 5.18. The first-order valence-electron chi connectivity index (χ1n) is 3.96. The lowest BCUT2D eigenvalue weighted by molar-refractivity contribution is 0.0202. The fraction of sp³-hybridized carbons (Fsp3) is 0.300. The quantitative estimate of drug-likeness (QED) is 0.708. The molecule has 2 atom stereocenters. The summed E-state index contributed by atoms with van der Waals surface area (Å²) in [4.78, 5) is 0. The van der Waals surface area contributed by atoms with Gasteiger partial charge in [0.05, 0.1) is 6.10 Å². The van der Waals surface area contributed by atoms with Crippen molar-refractivity contribution < 1.29 is 10.2 Å². The smallest absolute Gasteiger partial charge is 0.105 e.